The molecule has 1 amide bonds. The fourth-order valence-electron chi connectivity index (χ4n) is 1.71. The van der Waals surface area contributed by atoms with Crippen LogP contribution in [-0.4, -0.2) is 27.1 Å². The summed E-state index contributed by atoms with van der Waals surface area (Å²) in [7, 11) is 1.90. The Labute approximate surface area is 115 Å². The number of benzene rings is 1. The van der Waals surface area contributed by atoms with E-state index in [9.17, 15) is 9.90 Å². The number of aromatic nitrogens is 2. The minimum Gasteiger partial charge on any atom is -0.507 e. The Hall–Kier alpha value is -2.01. The van der Waals surface area contributed by atoms with Crippen molar-refractivity contribution in [2.24, 2.45) is 7.05 Å². The van der Waals surface area contributed by atoms with Gasteiger partial charge in [-0.2, -0.15) is 0 Å². The second-order valence-electron chi connectivity index (χ2n) is 4.12. The molecule has 19 heavy (non-hydrogen) atoms. The maximum Gasteiger partial charge on any atom is 0.255 e. The summed E-state index contributed by atoms with van der Waals surface area (Å²) in [5.74, 6) is 0.448. The molecule has 0 bridgehead atoms. The molecule has 0 atom stereocenters. The molecule has 2 rings (SSSR count). The Bertz CT molecular complexity index is 595. The van der Waals surface area contributed by atoms with Gasteiger partial charge in [-0.15, -0.1) is 0 Å². The van der Waals surface area contributed by atoms with Crippen molar-refractivity contribution in [3.05, 3.63) is 47.0 Å². The minimum atomic E-state index is -0.353. The molecule has 2 N–H and O–H groups in total. The first-order valence-electron chi connectivity index (χ1n) is 5.81. The first-order valence-corrected chi connectivity index (χ1v) is 6.18. The third kappa shape index (κ3) is 3.26. The molecule has 0 aliphatic rings. The molecular formula is C13H14ClN3O2. The predicted molar refractivity (Wildman–Crippen MR) is 72.4 cm³/mol. The summed E-state index contributed by atoms with van der Waals surface area (Å²) in [4.78, 5) is 16.0. The summed E-state index contributed by atoms with van der Waals surface area (Å²) in [5.41, 5.74) is 0.173. The van der Waals surface area contributed by atoms with Gasteiger partial charge in [0.05, 0.1) is 5.56 Å². The van der Waals surface area contributed by atoms with Gasteiger partial charge < -0.3 is 15.0 Å². The first kappa shape index (κ1) is 13.4. The van der Waals surface area contributed by atoms with E-state index in [0.29, 0.717) is 18.0 Å². The van der Waals surface area contributed by atoms with Crippen LogP contribution in [-0.2, 0) is 13.5 Å². The van der Waals surface area contributed by atoms with E-state index < -0.39 is 0 Å². The van der Waals surface area contributed by atoms with Crippen molar-refractivity contribution in [2.45, 2.75) is 6.42 Å². The smallest absolute Gasteiger partial charge is 0.255 e. The number of nitrogens with one attached hydrogen (secondary N) is 1. The number of carbonyl (C=O) groups is 1. The van der Waals surface area contributed by atoms with Crippen molar-refractivity contribution in [2.75, 3.05) is 6.54 Å². The summed E-state index contributed by atoms with van der Waals surface area (Å²) in [6.45, 7) is 0.440. The van der Waals surface area contributed by atoms with Gasteiger partial charge in [-0.05, 0) is 18.2 Å². The lowest BCUT2D eigenvalue weighted by molar-refractivity contribution is 0.0951. The van der Waals surface area contributed by atoms with Crippen LogP contribution in [0.1, 0.15) is 16.2 Å². The lowest BCUT2D eigenvalue weighted by atomic mass is 10.2. The van der Waals surface area contributed by atoms with Crippen molar-refractivity contribution >= 4 is 17.5 Å². The van der Waals surface area contributed by atoms with Gasteiger partial charge in [-0.1, -0.05) is 11.6 Å². The number of nitrogens with zero attached hydrogens (tertiary/aromatic N) is 2. The number of carbonyl (C=O) groups excluding carboxylic acids is 1. The van der Waals surface area contributed by atoms with E-state index in [0.717, 1.165) is 5.82 Å². The third-order valence-electron chi connectivity index (χ3n) is 2.76. The Balaban J connectivity index is 1.94. The van der Waals surface area contributed by atoms with Crippen molar-refractivity contribution < 1.29 is 9.90 Å². The molecule has 0 saturated carbocycles. The lowest BCUT2D eigenvalue weighted by Crippen LogP contribution is -2.26. The summed E-state index contributed by atoms with van der Waals surface area (Å²) < 4.78 is 1.89. The Kier molecular flexibility index (Phi) is 4.06. The highest BCUT2D eigenvalue weighted by Gasteiger charge is 2.11. The number of phenols is 1. The van der Waals surface area contributed by atoms with E-state index in [1.807, 2.05) is 17.8 Å². The molecule has 6 heteroatoms. The van der Waals surface area contributed by atoms with E-state index >= 15 is 0 Å². The quantitative estimate of drug-likeness (QED) is 0.896. The van der Waals surface area contributed by atoms with Crippen LogP contribution in [0, 0.1) is 0 Å². The summed E-state index contributed by atoms with van der Waals surface area (Å²) >= 11 is 5.79. The molecule has 0 spiro atoms. The number of hydrogen-bond donors (Lipinski definition) is 2. The molecule has 0 radical (unpaired) electrons. The summed E-state index contributed by atoms with van der Waals surface area (Å²) in [5, 5.41) is 12.7. The Morgan fingerprint density at radius 3 is 3.00 bits per heavy atom. The van der Waals surface area contributed by atoms with Gasteiger partial charge in [0, 0.05) is 37.4 Å². The average Bonchev–Trinajstić information content (AvgIpc) is 2.78. The number of halogens is 1. The zero-order chi connectivity index (χ0) is 13.8. The van der Waals surface area contributed by atoms with Crippen LogP contribution in [0.4, 0.5) is 0 Å². The van der Waals surface area contributed by atoms with E-state index in [1.165, 1.54) is 18.2 Å². The predicted octanol–water partition coefficient (Wildman–Crippen LogP) is 1.75. The SMILES string of the molecule is Cn1ccnc1CCNC(=O)c1cc(Cl)ccc1O. The molecule has 1 aromatic heterocycles. The first-order chi connectivity index (χ1) is 9.08. The third-order valence-corrected chi connectivity index (χ3v) is 2.99. The highest BCUT2D eigenvalue weighted by atomic mass is 35.5. The van der Waals surface area contributed by atoms with Crippen molar-refractivity contribution in [1.82, 2.24) is 14.9 Å². The van der Waals surface area contributed by atoms with Crippen molar-refractivity contribution in [1.29, 1.82) is 0 Å². The topological polar surface area (TPSA) is 67.2 Å². The fourth-order valence-corrected chi connectivity index (χ4v) is 1.88. The van der Waals surface area contributed by atoms with Crippen LogP contribution < -0.4 is 5.32 Å². The number of phenolic OH excluding ortho intramolecular Hbond substituents is 1. The highest BCUT2D eigenvalue weighted by molar-refractivity contribution is 6.31. The number of rotatable bonds is 4. The number of imidazole rings is 1. The zero-order valence-electron chi connectivity index (χ0n) is 10.4. The van der Waals surface area contributed by atoms with Crippen LogP contribution in [0.2, 0.25) is 5.02 Å². The van der Waals surface area contributed by atoms with Crippen molar-refractivity contribution in [3.63, 3.8) is 0 Å². The van der Waals surface area contributed by atoms with Crippen LogP contribution in [0.5, 0.6) is 5.75 Å². The molecule has 0 saturated heterocycles. The van der Waals surface area contributed by atoms with E-state index in [2.05, 4.69) is 10.3 Å². The highest BCUT2D eigenvalue weighted by Crippen LogP contribution is 2.21. The fraction of sp³-hybridized carbons (Fsp3) is 0.231. The standard InChI is InChI=1S/C13H14ClN3O2/c1-17-7-6-15-12(17)4-5-16-13(19)10-8-9(14)2-3-11(10)18/h2-3,6-8,18H,4-5H2,1H3,(H,16,19). The summed E-state index contributed by atoms with van der Waals surface area (Å²) in [6, 6.07) is 4.37. The number of aromatic hydroxyl groups is 1. The molecule has 1 heterocycles. The number of aryl methyl sites for hydroxylation is 1. The Morgan fingerprint density at radius 2 is 2.32 bits per heavy atom. The molecule has 5 nitrogen and oxygen atoms in total. The number of amides is 1. The molecule has 0 unspecified atom stereocenters. The lowest BCUT2D eigenvalue weighted by Gasteiger charge is -2.07. The molecule has 0 fully saturated rings. The van der Waals surface area contributed by atoms with Crippen LogP contribution in [0.25, 0.3) is 0 Å². The van der Waals surface area contributed by atoms with E-state index in [4.69, 9.17) is 11.6 Å². The molecule has 2 aromatic rings. The molecule has 100 valence electrons. The van der Waals surface area contributed by atoms with Gasteiger partial charge in [-0.25, -0.2) is 4.98 Å². The van der Waals surface area contributed by atoms with Gasteiger partial charge >= 0.3 is 0 Å². The molecule has 1 aromatic carbocycles. The Morgan fingerprint density at radius 1 is 1.53 bits per heavy atom. The van der Waals surface area contributed by atoms with Gasteiger partial charge in [0.15, 0.2) is 0 Å². The second-order valence-corrected chi connectivity index (χ2v) is 4.56. The normalized spacial score (nSPS) is 10.4. The van der Waals surface area contributed by atoms with Gasteiger partial charge in [0.25, 0.3) is 5.91 Å². The second kappa shape index (κ2) is 5.75. The van der Waals surface area contributed by atoms with Crippen LogP contribution in [0.15, 0.2) is 30.6 Å². The van der Waals surface area contributed by atoms with Gasteiger partial charge in [0.2, 0.25) is 0 Å². The number of hydrogen-bond acceptors (Lipinski definition) is 3. The maximum absolute atomic E-state index is 11.9. The summed E-state index contributed by atoms with van der Waals surface area (Å²) in [6.07, 6.45) is 4.18. The minimum absolute atomic E-state index is 0.0844. The van der Waals surface area contributed by atoms with Crippen LogP contribution >= 0.6 is 11.6 Å². The maximum atomic E-state index is 11.9. The van der Waals surface area contributed by atoms with Gasteiger partial charge in [0.1, 0.15) is 11.6 Å². The molecular weight excluding hydrogens is 266 g/mol. The largest absolute Gasteiger partial charge is 0.507 e. The van der Waals surface area contributed by atoms with Crippen molar-refractivity contribution in [3.8, 4) is 5.75 Å². The van der Waals surface area contributed by atoms with Crippen LogP contribution in [0.3, 0.4) is 0 Å². The van der Waals surface area contributed by atoms with E-state index in [-0.39, 0.29) is 17.2 Å². The van der Waals surface area contributed by atoms with Gasteiger partial charge in [-0.3, -0.25) is 4.79 Å². The zero-order valence-corrected chi connectivity index (χ0v) is 11.2. The molecule has 0 aliphatic carbocycles. The monoisotopic (exact) mass is 279 g/mol. The molecule has 0 aliphatic heterocycles. The van der Waals surface area contributed by atoms with E-state index in [1.54, 1.807) is 6.20 Å². The average molecular weight is 280 g/mol.